The Kier molecular flexibility index (Phi) is 7.47. The number of amides is 2. The standard InChI is InChI=1S/C11H13NO2.C10H12N4O/c1-8-3-4-10-9(7-8)12(2)11(13)5-6-14-10;11-8(14-9(12)10(13)15)6-7-4-2-1-3-5-7/h3-4,7H,5-6H2,1-2H3;1-5H,6H2,(H2,13,15)(H3,11,12,14). The van der Waals surface area contributed by atoms with Crippen LogP contribution in [-0.2, 0) is 16.0 Å². The van der Waals surface area contributed by atoms with Crippen molar-refractivity contribution in [2.24, 2.45) is 16.5 Å². The predicted molar refractivity (Wildman–Crippen MR) is 113 cm³/mol. The minimum absolute atomic E-state index is 0.106. The lowest BCUT2D eigenvalue weighted by Gasteiger charge is -2.16. The Hall–Kier alpha value is -3.68. The zero-order chi connectivity index (χ0) is 21.4. The number of benzene rings is 2. The first-order valence-corrected chi connectivity index (χ1v) is 9.03. The van der Waals surface area contributed by atoms with Gasteiger partial charge in [-0.2, -0.15) is 0 Å². The van der Waals surface area contributed by atoms with E-state index in [4.69, 9.17) is 21.6 Å². The van der Waals surface area contributed by atoms with Crippen molar-refractivity contribution in [3.8, 4) is 5.75 Å². The summed E-state index contributed by atoms with van der Waals surface area (Å²) < 4.78 is 5.48. The molecule has 2 amide bonds. The molecule has 0 aliphatic carbocycles. The van der Waals surface area contributed by atoms with Crippen LogP contribution in [0, 0.1) is 12.3 Å². The first-order chi connectivity index (χ1) is 13.8. The summed E-state index contributed by atoms with van der Waals surface area (Å²) in [6, 6.07) is 15.3. The number of ether oxygens (including phenoxy) is 1. The van der Waals surface area contributed by atoms with Gasteiger partial charge >= 0.3 is 0 Å². The van der Waals surface area contributed by atoms with Crippen LogP contribution in [0.3, 0.4) is 0 Å². The van der Waals surface area contributed by atoms with Crippen molar-refractivity contribution < 1.29 is 14.3 Å². The molecule has 8 nitrogen and oxygen atoms in total. The number of carbonyl (C=O) groups is 2. The van der Waals surface area contributed by atoms with Crippen molar-refractivity contribution in [3.05, 3.63) is 59.7 Å². The van der Waals surface area contributed by atoms with Crippen molar-refractivity contribution in [2.45, 2.75) is 19.8 Å². The lowest BCUT2D eigenvalue weighted by atomic mass is 10.1. The van der Waals surface area contributed by atoms with E-state index in [1.807, 2.05) is 55.5 Å². The maximum absolute atomic E-state index is 11.5. The van der Waals surface area contributed by atoms with Gasteiger partial charge in [0.15, 0.2) is 0 Å². The van der Waals surface area contributed by atoms with Gasteiger partial charge in [0.25, 0.3) is 5.91 Å². The lowest BCUT2D eigenvalue weighted by Crippen LogP contribution is -2.25. The van der Waals surface area contributed by atoms with Crippen LogP contribution < -0.4 is 21.1 Å². The molecule has 0 saturated carbocycles. The molecule has 2 aromatic carbocycles. The molecule has 0 atom stereocenters. The van der Waals surface area contributed by atoms with E-state index < -0.39 is 11.7 Å². The van der Waals surface area contributed by atoms with Crippen molar-refractivity contribution in [3.63, 3.8) is 0 Å². The van der Waals surface area contributed by atoms with E-state index in [0.29, 0.717) is 19.4 Å². The molecule has 0 radical (unpaired) electrons. The number of hydrogen-bond acceptors (Lipinski definition) is 4. The summed E-state index contributed by atoms with van der Waals surface area (Å²) in [5.74, 6) is -0.308. The Labute approximate surface area is 169 Å². The number of aliphatic imine (C=N–C) groups is 1. The molecule has 2 aromatic rings. The second-order valence-electron chi connectivity index (χ2n) is 6.50. The van der Waals surface area contributed by atoms with Gasteiger partial charge in [-0.1, -0.05) is 36.4 Å². The molecule has 0 saturated heterocycles. The molecule has 0 fully saturated rings. The Morgan fingerprint density at radius 1 is 1.21 bits per heavy atom. The molecular formula is C21H25N5O3. The van der Waals surface area contributed by atoms with Gasteiger partial charge in [-0.3, -0.25) is 15.0 Å². The zero-order valence-corrected chi connectivity index (χ0v) is 16.5. The summed E-state index contributed by atoms with van der Waals surface area (Å²) in [6.45, 7) is 2.47. The fourth-order valence-electron chi connectivity index (χ4n) is 2.61. The maximum atomic E-state index is 11.5. The molecule has 0 aromatic heterocycles. The van der Waals surface area contributed by atoms with Crippen molar-refractivity contribution in [1.29, 1.82) is 5.41 Å². The molecule has 29 heavy (non-hydrogen) atoms. The van der Waals surface area contributed by atoms with Crippen LogP contribution in [0.15, 0.2) is 53.5 Å². The SMILES string of the molecule is Cc1ccc2c(c1)N(C)C(=O)CCO2.N=C(N=C(N)Cc1ccccc1)C(N)=O. The van der Waals surface area contributed by atoms with E-state index in [9.17, 15) is 9.59 Å². The number of rotatable bonds is 2. The van der Waals surface area contributed by atoms with Gasteiger partial charge < -0.3 is 21.1 Å². The van der Waals surface area contributed by atoms with Crippen molar-refractivity contribution in [1.82, 2.24) is 0 Å². The minimum atomic E-state index is -0.883. The second-order valence-corrected chi connectivity index (χ2v) is 6.50. The van der Waals surface area contributed by atoms with Crippen LogP contribution in [0.5, 0.6) is 5.75 Å². The molecule has 5 N–H and O–H groups in total. The molecule has 0 bridgehead atoms. The number of anilines is 1. The summed E-state index contributed by atoms with van der Waals surface area (Å²) in [4.78, 5) is 27.3. The van der Waals surface area contributed by atoms with E-state index in [1.165, 1.54) is 0 Å². The number of primary amides is 1. The Balaban J connectivity index is 0.000000207. The smallest absolute Gasteiger partial charge is 0.285 e. The van der Waals surface area contributed by atoms with Crippen molar-refractivity contribution >= 4 is 29.2 Å². The number of nitrogens with zero attached hydrogens (tertiary/aromatic N) is 2. The van der Waals surface area contributed by atoms with E-state index in [0.717, 1.165) is 22.6 Å². The molecule has 3 rings (SSSR count). The van der Waals surface area contributed by atoms with Crippen LogP contribution in [0.2, 0.25) is 0 Å². The summed E-state index contributed by atoms with van der Waals surface area (Å²) in [5.41, 5.74) is 13.4. The van der Waals surface area contributed by atoms with Gasteiger partial charge in [-0.15, -0.1) is 0 Å². The van der Waals surface area contributed by atoms with Crippen LogP contribution in [0.1, 0.15) is 17.5 Å². The van der Waals surface area contributed by atoms with Gasteiger partial charge in [0.1, 0.15) is 11.6 Å². The predicted octanol–water partition coefficient (Wildman–Crippen LogP) is 1.79. The molecule has 8 heteroatoms. The molecule has 0 unspecified atom stereocenters. The number of nitrogens with two attached hydrogens (primary N) is 2. The quantitative estimate of drug-likeness (QED) is 0.528. The average Bonchev–Trinajstić information content (AvgIpc) is 2.82. The average molecular weight is 395 g/mol. The van der Waals surface area contributed by atoms with Crippen molar-refractivity contribution in [2.75, 3.05) is 18.6 Å². The third-order valence-corrected chi connectivity index (χ3v) is 4.14. The van der Waals surface area contributed by atoms with Gasteiger partial charge in [-0.25, -0.2) is 4.99 Å². The number of nitrogens with one attached hydrogen (secondary N) is 1. The van der Waals surface area contributed by atoms with E-state index >= 15 is 0 Å². The second kappa shape index (κ2) is 10.0. The van der Waals surface area contributed by atoms with Crippen LogP contribution in [0.4, 0.5) is 5.69 Å². The zero-order valence-electron chi connectivity index (χ0n) is 16.5. The minimum Gasteiger partial charge on any atom is -0.491 e. The normalized spacial score (nSPS) is 13.4. The molecule has 1 aliphatic heterocycles. The molecule has 1 heterocycles. The summed E-state index contributed by atoms with van der Waals surface area (Å²) in [7, 11) is 1.79. The Morgan fingerprint density at radius 2 is 1.90 bits per heavy atom. The fourth-order valence-corrected chi connectivity index (χ4v) is 2.61. The van der Waals surface area contributed by atoms with Gasteiger partial charge in [-0.05, 0) is 30.2 Å². The van der Waals surface area contributed by atoms with Gasteiger partial charge in [0.05, 0.1) is 18.7 Å². The topological polar surface area (TPSA) is 135 Å². The highest BCUT2D eigenvalue weighted by Crippen LogP contribution is 2.31. The highest BCUT2D eigenvalue weighted by Gasteiger charge is 2.19. The van der Waals surface area contributed by atoms with Crippen LogP contribution in [0.25, 0.3) is 0 Å². The number of carbonyl (C=O) groups excluding carboxylic acids is 2. The highest BCUT2D eigenvalue weighted by atomic mass is 16.5. The van der Waals surface area contributed by atoms with E-state index in [1.54, 1.807) is 11.9 Å². The summed E-state index contributed by atoms with van der Waals surface area (Å²) in [6.07, 6.45) is 0.848. The number of amidine groups is 2. The van der Waals surface area contributed by atoms with E-state index in [2.05, 4.69) is 4.99 Å². The first-order valence-electron chi connectivity index (χ1n) is 9.03. The van der Waals surface area contributed by atoms with Gasteiger partial charge in [0, 0.05) is 13.5 Å². The monoisotopic (exact) mass is 395 g/mol. The number of hydrogen-bond donors (Lipinski definition) is 3. The largest absolute Gasteiger partial charge is 0.491 e. The summed E-state index contributed by atoms with van der Waals surface area (Å²) in [5, 5.41) is 7.10. The number of fused-ring (bicyclic) bond motifs is 1. The molecule has 0 spiro atoms. The molecule has 1 aliphatic rings. The third kappa shape index (κ3) is 6.46. The first kappa shape index (κ1) is 21.6. The molecule has 152 valence electrons. The van der Waals surface area contributed by atoms with Crippen LogP contribution >= 0.6 is 0 Å². The Bertz CT molecular complexity index is 925. The van der Waals surface area contributed by atoms with Crippen LogP contribution in [-0.4, -0.2) is 37.1 Å². The third-order valence-electron chi connectivity index (χ3n) is 4.14. The lowest BCUT2D eigenvalue weighted by molar-refractivity contribution is -0.118. The fraction of sp³-hybridized carbons (Fsp3) is 0.238. The number of aryl methyl sites for hydroxylation is 1. The van der Waals surface area contributed by atoms with Gasteiger partial charge in [0.2, 0.25) is 11.7 Å². The van der Waals surface area contributed by atoms with E-state index in [-0.39, 0.29) is 11.7 Å². The molecular weight excluding hydrogens is 370 g/mol. The Morgan fingerprint density at radius 3 is 2.55 bits per heavy atom. The summed E-state index contributed by atoms with van der Waals surface area (Å²) >= 11 is 0. The maximum Gasteiger partial charge on any atom is 0.285 e. The highest BCUT2D eigenvalue weighted by molar-refractivity contribution is 6.37.